The van der Waals surface area contributed by atoms with E-state index in [0.29, 0.717) is 23.7 Å². The second kappa shape index (κ2) is 9.46. The van der Waals surface area contributed by atoms with Crippen molar-refractivity contribution in [2.45, 2.75) is 25.8 Å². The van der Waals surface area contributed by atoms with Crippen molar-refractivity contribution in [3.63, 3.8) is 0 Å². The SMILES string of the molecule is CCOc1ccc([C@H](CC(=O)[O-])NC(=O)Cc2ccccc2)cc1OC. The zero-order valence-electron chi connectivity index (χ0n) is 14.9. The van der Waals surface area contributed by atoms with Crippen LogP contribution in [0, 0.1) is 0 Å². The molecule has 1 atom stereocenters. The normalized spacial score (nSPS) is 11.5. The zero-order chi connectivity index (χ0) is 18.9. The van der Waals surface area contributed by atoms with Gasteiger partial charge in [0.1, 0.15) is 0 Å². The number of carboxylic acid groups (broad SMARTS) is 1. The van der Waals surface area contributed by atoms with E-state index >= 15 is 0 Å². The zero-order valence-corrected chi connectivity index (χ0v) is 14.9. The van der Waals surface area contributed by atoms with Crippen LogP contribution in [-0.4, -0.2) is 25.6 Å². The fourth-order valence-electron chi connectivity index (χ4n) is 2.62. The average Bonchev–Trinajstić information content (AvgIpc) is 2.62. The van der Waals surface area contributed by atoms with Crippen molar-refractivity contribution in [2.75, 3.05) is 13.7 Å². The second-order valence-electron chi connectivity index (χ2n) is 5.70. The summed E-state index contributed by atoms with van der Waals surface area (Å²) >= 11 is 0. The molecule has 138 valence electrons. The van der Waals surface area contributed by atoms with Crippen molar-refractivity contribution in [2.24, 2.45) is 0 Å². The lowest BCUT2D eigenvalue weighted by Gasteiger charge is -2.21. The third-order valence-corrected chi connectivity index (χ3v) is 3.80. The summed E-state index contributed by atoms with van der Waals surface area (Å²) in [5, 5.41) is 13.9. The highest BCUT2D eigenvalue weighted by atomic mass is 16.5. The van der Waals surface area contributed by atoms with Crippen molar-refractivity contribution >= 4 is 11.9 Å². The van der Waals surface area contributed by atoms with Crippen LogP contribution in [0.5, 0.6) is 11.5 Å². The monoisotopic (exact) mass is 356 g/mol. The minimum atomic E-state index is -1.25. The fraction of sp³-hybridized carbons (Fsp3) is 0.300. The van der Waals surface area contributed by atoms with E-state index in [4.69, 9.17) is 9.47 Å². The summed E-state index contributed by atoms with van der Waals surface area (Å²) in [6.45, 7) is 2.34. The van der Waals surface area contributed by atoms with E-state index in [9.17, 15) is 14.7 Å². The number of ether oxygens (including phenoxy) is 2. The Balaban J connectivity index is 2.18. The van der Waals surface area contributed by atoms with Crippen LogP contribution in [0.3, 0.4) is 0 Å². The molecule has 1 amide bonds. The van der Waals surface area contributed by atoms with Crippen LogP contribution in [0.4, 0.5) is 0 Å². The minimum Gasteiger partial charge on any atom is -0.550 e. The van der Waals surface area contributed by atoms with E-state index in [1.54, 1.807) is 18.2 Å². The van der Waals surface area contributed by atoms with Crippen LogP contribution in [0.25, 0.3) is 0 Å². The number of carbonyl (C=O) groups is 2. The number of carbonyl (C=O) groups excluding carboxylic acids is 2. The van der Waals surface area contributed by atoms with Gasteiger partial charge in [0.15, 0.2) is 11.5 Å². The van der Waals surface area contributed by atoms with Gasteiger partial charge in [0.25, 0.3) is 0 Å². The number of hydrogen-bond donors (Lipinski definition) is 1. The lowest BCUT2D eigenvalue weighted by Crippen LogP contribution is -2.35. The van der Waals surface area contributed by atoms with Gasteiger partial charge in [0, 0.05) is 12.4 Å². The van der Waals surface area contributed by atoms with Gasteiger partial charge in [0.05, 0.1) is 26.2 Å². The van der Waals surface area contributed by atoms with Gasteiger partial charge in [0.2, 0.25) is 5.91 Å². The summed E-state index contributed by atoms with van der Waals surface area (Å²) < 4.78 is 10.8. The van der Waals surface area contributed by atoms with Gasteiger partial charge in [-0.15, -0.1) is 0 Å². The molecule has 0 fully saturated rings. The van der Waals surface area contributed by atoms with Crippen LogP contribution in [-0.2, 0) is 16.0 Å². The van der Waals surface area contributed by atoms with Crippen LogP contribution >= 0.6 is 0 Å². The highest BCUT2D eigenvalue weighted by Gasteiger charge is 2.17. The fourth-order valence-corrected chi connectivity index (χ4v) is 2.62. The van der Waals surface area contributed by atoms with E-state index in [-0.39, 0.29) is 18.7 Å². The molecule has 0 aliphatic rings. The first kappa shape index (κ1) is 19.3. The molecule has 1 N–H and O–H groups in total. The smallest absolute Gasteiger partial charge is 0.224 e. The maximum Gasteiger partial charge on any atom is 0.224 e. The third-order valence-electron chi connectivity index (χ3n) is 3.80. The maximum atomic E-state index is 12.3. The summed E-state index contributed by atoms with van der Waals surface area (Å²) in [6, 6.07) is 13.6. The molecule has 2 aromatic rings. The van der Waals surface area contributed by atoms with Crippen molar-refractivity contribution < 1.29 is 24.2 Å². The van der Waals surface area contributed by atoms with Gasteiger partial charge in [-0.25, -0.2) is 0 Å². The highest BCUT2D eigenvalue weighted by Crippen LogP contribution is 2.31. The van der Waals surface area contributed by atoms with Crippen molar-refractivity contribution in [3.05, 3.63) is 59.7 Å². The van der Waals surface area contributed by atoms with Gasteiger partial charge < -0.3 is 24.7 Å². The second-order valence-corrected chi connectivity index (χ2v) is 5.70. The molecule has 0 saturated carbocycles. The standard InChI is InChI=1S/C20H23NO5/c1-3-26-17-10-9-15(12-18(17)25-2)16(13-20(23)24)21-19(22)11-14-7-5-4-6-8-14/h4-10,12,16H,3,11,13H2,1-2H3,(H,21,22)(H,23,24)/p-1/t16-/m0/s1. The van der Waals surface area contributed by atoms with Crippen LogP contribution < -0.4 is 19.9 Å². The molecule has 0 spiro atoms. The largest absolute Gasteiger partial charge is 0.550 e. The molecule has 0 aliphatic carbocycles. The highest BCUT2D eigenvalue weighted by molar-refractivity contribution is 5.79. The number of carboxylic acids is 1. The Kier molecular flexibility index (Phi) is 7.02. The summed E-state index contributed by atoms with van der Waals surface area (Å²) in [5.74, 6) is -0.482. The number of methoxy groups -OCH3 is 1. The molecule has 0 aromatic heterocycles. The van der Waals surface area contributed by atoms with Gasteiger partial charge in [-0.3, -0.25) is 4.79 Å². The predicted molar refractivity (Wildman–Crippen MR) is 94.8 cm³/mol. The molecule has 0 saturated heterocycles. The van der Waals surface area contributed by atoms with E-state index in [1.807, 2.05) is 37.3 Å². The predicted octanol–water partition coefficient (Wildman–Crippen LogP) is 1.63. The van der Waals surface area contributed by atoms with Crippen LogP contribution in [0.15, 0.2) is 48.5 Å². The van der Waals surface area contributed by atoms with E-state index in [1.165, 1.54) is 7.11 Å². The molecule has 6 heteroatoms. The quantitative estimate of drug-likeness (QED) is 0.738. The molecule has 0 radical (unpaired) electrons. The maximum absolute atomic E-state index is 12.3. The molecule has 6 nitrogen and oxygen atoms in total. The number of nitrogens with one attached hydrogen (secondary N) is 1. The van der Waals surface area contributed by atoms with Crippen LogP contribution in [0.1, 0.15) is 30.5 Å². The van der Waals surface area contributed by atoms with Gasteiger partial charge in [-0.1, -0.05) is 36.4 Å². The number of benzene rings is 2. The minimum absolute atomic E-state index is 0.165. The van der Waals surface area contributed by atoms with Gasteiger partial charge in [-0.2, -0.15) is 0 Å². The van der Waals surface area contributed by atoms with Crippen LogP contribution in [0.2, 0.25) is 0 Å². The average molecular weight is 356 g/mol. The molecule has 2 rings (SSSR count). The Morgan fingerprint density at radius 2 is 1.85 bits per heavy atom. The molecule has 26 heavy (non-hydrogen) atoms. The third kappa shape index (κ3) is 5.51. The van der Waals surface area contributed by atoms with Crippen molar-refractivity contribution in [1.82, 2.24) is 5.32 Å². The Morgan fingerprint density at radius 1 is 1.12 bits per heavy atom. The Labute approximate surface area is 152 Å². The van der Waals surface area contributed by atoms with E-state index in [2.05, 4.69) is 5.32 Å². The first-order valence-electron chi connectivity index (χ1n) is 8.37. The number of amides is 1. The summed E-state index contributed by atoms with van der Waals surface area (Å²) in [6.07, 6.45) is -0.170. The summed E-state index contributed by atoms with van der Waals surface area (Å²) in [7, 11) is 1.50. The molecule has 2 aromatic carbocycles. The van der Waals surface area contributed by atoms with E-state index < -0.39 is 12.0 Å². The topological polar surface area (TPSA) is 87.7 Å². The van der Waals surface area contributed by atoms with Gasteiger partial charge >= 0.3 is 0 Å². The first-order chi connectivity index (χ1) is 12.5. The number of rotatable bonds is 9. The molecule has 0 heterocycles. The lowest BCUT2D eigenvalue weighted by atomic mass is 10.0. The summed E-state index contributed by atoms with van der Waals surface area (Å²) in [5.41, 5.74) is 1.46. The van der Waals surface area contributed by atoms with E-state index in [0.717, 1.165) is 5.56 Å². The summed E-state index contributed by atoms with van der Waals surface area (Å²) in [4.78, 5) is 23.4. The van der Waals surface area contributed by atoms with Crippen molar-refractivity contribution in [1.29, 1.82) is 0 Å². The number of aliphatic carboxylic acids is 1. The Bertz CT molecular complexity index is 745. The molecule has 0 aliphatic heterocycles. The molecular weight excluding hydrogens is 334 g/mol. The van der Waals surface area contributed by atoms with Gasteiger partial charge in [-0.05, 0) is 30.2 Å². The Hall–Kier alpha value is -3.02. The molecular formula is C20H22NO5-. The molecule has 0 bridgehead atoms. The number of hydrogen-bond acceptors (Lipinski definition) is 5. The first-order valence-corrected chi connectivity index (χ1v) is 8.37. The van der Waals surface area contributed by atoms with Crippen molar-refractivity contribution in [3.8, 4) is 11.5 Å². The molecule has 0 unspecified atom stereocenters. The lowest BCUT2D eigenvalue weighted by molar-refractivity contribution is -0.306. The Morgan fingerprint density at radius 3 is 2.46 bits per heavy atom.